The van der Waals surface area contributed by atoms with Crippen LogP contribution in [0, 0.1) is 17.8 Å². The number of aliphatic hydroxyl groups excluding tert-OH is 2. The van der Waals surface area contributed by atoms with Gasteiger partial charge in [0.1, 0.15) is 36.2 Å². The van der Waals surface area contributed by atoms with Crippen molar-refractivity contribution in [3.8, 4) is 5.82 Å². The number of esters is 1. The van der Waals surface area contributed by atoms with Gasteiger partial charge >= 0.3 is 5.97 Å². The molecule has 5 saturated heterocycles. The van der Waals surface area contributed by atoms with E-state index in [9.17, 15) is 20.1 Å². The Labute approximate surface area is 421 Å². The van der Waals surface area contributed by atoms with Crippen LogP contribution in [0.5, 0.6) is 0 Å². The molecule has 0 aliphatic carbocycles. The van der Waals surface area contributed by atoms with Crippen LogP contribution in [0.1, 0.15) is 114 Å². The molecule has 19 nitrogen and oxygen atoms in total. The van der Waals surface area contributed by atoms with Crippen molar-refractivity contribution in [1.29, 1.82) is 0 Å². The number of ether oxygens (including phenoxy) is 8. The summed E-state index contributed by atoms with van der Waals surface area (Å²) in [6.07, 6.45) is -1.38. The van der Waals surface area contributed by atoms with Crippen molar-refractivity contribution in [3.63, 3.8) is 0 Å². The fourth-order valence-corrected chi connectivity index (χ4v) is 11.3. The molecule has 7 heterocycles. The fraction of sp³-hybridized carbons (Fsp3) is 0.808. The van der Waals surface area contributed by atoms with Crippen LogP contribution in [-0.4, -0.2) is 189 Å². The topological polar surface area (TPSA) is 210 Å². The molecule has 3 N–H and O–H groups in total. The Morgan fingerprint density at radius 1 is 1.00 bits per heavy atom. The molecule has 7 rings (SSSR count). The number of carbonyl (C=O) groups excluding carboxylic acids is 1. The number of hydrogen-bond donors (Lipinski definition) is 3. The molecule has 2 bridgehead atoms. The number of fused-ring (bicyclic) bond motifs is 15. The summed E-state index contributed by atoms with van der Waals surface area (Å²) in [6, 6.07) is 5.14. The summed E-state index contributed by atoms with van der Waals surface area (Å²) in [4.78, 5) is 29.9. The molecular formula is C52H86N6O13. The van der Waals surface area contributed by atoms with Crippen LogP contribution < -0.4 is 0 Å². The zero-order valence-corrected chi connectivity index (χ0v) is 44.8. The molecular weight excluding hydrogens is 917 g/mol. The summed E-state index contributed by atoms with van der Waals surface area (Å²) < 4.78 is 55.3. The first-order valence-corrected chi connectivity index (χ1v) is 25.8. The Hall–Kier alpha value is -3.18. The highest BCUT2D eigenvalue weighted by Gasteiger charge is 2.54. The maximum atomic E-state index is 14.9. The number of hydrogen-bond acceptors (Lipinski definition) is 18. The highest BCUT2D eigenvalue weighted by Crippen LogP contribution is 2.42. The Bertz CT molecular complexity index is 2000. The van der Waals surface area contributed by atoms with Gasteiger partial charge in [-0.05, 0) is 113 Å². The predicted molar refractivity (Wildman–Crippen MR) is 264 cm³/mol. The zero-order chi connectivity index (χ0) is 52.0. The van der Waals surface area contributed by atoms with Crippen molar-refractivity contribution < 1.29 is 62.8 Å². The van der Waals surface area contributed by atoms with E-state index in [2.05, 4.69) is 40.9 Å². The monoisotopic (exact) mass is 1000 g/mol. The van der Waals surface area contributed by atoms with E-state index < -0.39 is 89.9 Å². The van der Waals surface area contributed by atoms with Gasteiger partial charge in [0, 0.05) is 62.2 Å². The molecule has 5 fully saturated rings. The highest BCUT2D eigenvalue weighted by atomic mass is 16.7. The third-order valence-electron chi connectivity index (χ3n) is 15.5. The van der Waals surface area contributed by atoms with E-state index in [0.29, 0.717) is 30.9 Å². The van der Waals surface area contributed by atoms with Crippen LogP contribution in [-0.2, 0) is 54.1 Å². The highest BCUT2D eigenvalue weighted by molar-refractivity contribution is 5.86. The molecule has 0 amide bonds. The van der Waals surface area contributed by atoms with E-state index in [4.69, 9.17) is 42.7 Å². The van der Waals surface area contributed by atoms with Gasteiger partial charge in [-0.2, -0.15) is 5.10 Å². The van der Waals surface area contributed by atoms with Gasteiger partial charge in [0.15, 0.2) is 18.4 Å². The van der Waals surface area contributed by atoms with Crippen molar-refractivity contribution in [1.82, 2.24) is 24.6 Å². The minimum absolute atomic E-state index is 0.0877. The molecule has 0 radical (unpaired) electrons. The number of carbonyl (C=O) groups is 1. The number of aromatic nitrogens is 3. The van der Waals surface area contributed by atoms with Gasteiger partial charge in [0.25, 0.3) is 0 Å². The number of aliphatic hydroxyl groups is 3. The van der Waals surface area contributed by atoms with E-state index in [0.717, 1.165) is 18.5 Å². The quantitative estimate of drug-likeness (QED) is 0.180. The zero-order valence-electron chi connectivity index (χ0n) is 44.8. The Morgan fingerprint density at radius 2 is 1.75 bits per heavy atom. The smallest absolute Gasteiger partial charge is 0.311 e. The number of methoxy groups -OCH3 is 1. The second-order valence-corrected chi connectivity index (χ2v) is 21.6. The maximum Gasteiger partial charge on any atom is 0.311 e. The van der Waals surface area contributed by atoms with Crippen LogP contribution in [0.4, 0.5) is 0 Å². The van der Waals surface area contributed by atoms with E-state index in [1.54, 1.807) is 45.0 Å². The van der Waals surface area contributed by atoms with Gasteiger partial charge < -0.3 is 67.9 Å². The predicted octanol–water partition coefficient (Wildman–Crippen LogP) is 4.90. The first-order chi connectivity index (χ1) is 33.5. The number of pyridine rings is 1. The number of likely N-dealkylation sites (N-methyl/N-ethyl adjacent to an activating group) is 1. The number of nitrogens with zero attached hydrogens (tertiary/aromatic N) is 6. The molecule has 5 aliphatic heterocycles. The summed E-state index contributed by atoms with van der Waals surface area (Å²) in [5.74, 6) is -1.93. The van der Waals surface area contributed by atoms with Gasteiger partial charge in [0.05, 0.1) is 60.9 Å². The fourth-order valence-electron chi connectivity index (χ4n) is 11.3. The Morgan fingerprint density at radius 3 is 2.38 bits per heavy atom. The van der Waals surface area contributed by atoms with Gasteiger partial charge in [-0.15, -0.1) is 0 Å². The Balaban J connectivity index is 1.50. The Kier molecular flexibility index (Phi) is 19.7. The lowest BCUT2D eigenvalue weighted by atomic mass is 9.78. The molecule has 0 aromatic carbocycles. The molecule has 0 unspecified atom stereocenters. The summed E-state index contributed by atoms with van der Waals surface area (Å²) in [6.45, 7) is 22.3. The minimum Gasteiger partial charge on any atom is -0.459 e. The average molecular weight is 1000 g/mol. The van der Waals surface area contributed by atoms with Crippen molar-refractivity contribution in [2.75, 3.05) is 47.5 Å². The lowest BCUT2D eigenvalue weighted by molar-refractivity contribution is -0.320. The lowest BCUT2D eigenvalue weighted by Crippen LogP contribution is -2.61. The van der Waals surface area contributed by atoms with Crippen molar-refractivity contribution in [3.05, 3.63) is 42.4 Å². The third-order valence-corrected chi connectivity index (χ3v) is 15.5. The first kappa shape index (κ1) is 57.1. The van der Waals surface area contributed by atoms with Crippen LogP contribution >= 0.6 is 0 Å². The van der Waals surface area contributed by atoms with Gasteiger partial charge in [-0.1, -0.05) is 38.9 Å². The van der Waals surface area contributed by atoms with Crippen LogP contribution in [0.25, 0.3) is 5.82 Å². The number of oxime groups is 1. The molecule has 0 spiro atoms. The van der Waals surface area contributed by atoms with E-state index in [1.165, 1.54) is 0 Å². The normalized spacial score (nSPS) is 41.1. The van der Waals surface area contributed by atoms with Crippen molar-refractivity contribution in [2.24, 2.45) is 22.9 Å². The molecule has 2 aromatic rings. The molecule has 18 atom stereocenters. The summed E-state index contributed by atoms with van der Waals surface area (Å²) >= 11 is 0. The van der Waals surface area contributed by atoms with Crippen LogP contribution in [0.2, 0.25) is 0 Å². The van der Waals surface area contributed by atoms with Crippen molar-refractivity contribution in [2.45, 2.75) is 205 Å². The summed E-state index contributed by atoms with van der Waals surface area (Å²) in [5.41, 5.74) is -2.79. The summed E-state index contributed by atoms with van der Waals surface area (Å²) in [5, 5.41) is 45.1. The van der Waals surface area contributed by atoms with Crippen molar-refractivity contribution >= 4 is 11.7 Å². The first-order valence-electron chi connectivity index (χ1n) is 25.8. The molecule has 19 heteroatoms. The second-order valence-electron chi connectivity index (χ2n) is 21.6. The van der Waals surface area contributed by atoms with Gasteiger partial charge in [0.2, 0.25) is 0 Å². The largest absolute Gasteiger partial charge is 0.459 e. The van der Waals surface area contributed by atoms with Gasteiger partial charge in [-0.25, -0.2) is 9.67 Å². The second kappa shape index (κ2) is 24.4. The van der Waals surface area contributed by atoms with Crippen LogP contribution in [0.15, 0.2) is 41.9 Å². The molecule has 0 saturated carbocycles. The molecule has 2 aromatic heterocycles. The standard InChI is InChI=1S/C52H86N6O13/c1-15-21-57-27-31(3)46-52(11,62)40(16-2)69-48(61)35(7)44(70-42-25-50(9,63-14)45(60)36(8)68-42)34(6)47(71-49-43(59)39(56(12)13)23-33(5)67-49)51(10,24-32(57)4)65-30-38(29-64-46)55-66-28-37-18-19-41(53-26-37)58-22-17-20-54-58/h17-20,22,26,31-36,39-40,42-47,49,59-60,62H,15-16,21,23-25,27-30H2,1-14H3/t31-,32+,33+,34-,35+,36-,39-,40+,42-,43+,44-,45-,46+,47+,49-,50+,51+,52+/m0/s1. The summed E-state index contributed by atoms with van der Waals surface area (Å²) in [7, 11) is 5.39. The van der Waals surface area contributed by atoms with E-state index in [-0.39, 0.29) is 56.8 Å². The molecule has 71 heavy (non-hydrogen) atoms. The third kappa shape index (κ3) is 13.4. The maximum absolute atomic E-state index is 14.9. The minimum atomic E-state index is -1.70. The molecule has 5 aliphatic rings. The van der Waals surface area contributed by atoms with Crippen LogP contribution in [0.3, 0.4) is 0 Å². The van der Waals surface area contributed by atoms with Gasteiger partial charge in [-0.3, -0.25) is 4.79 Å². The average Bonchev–Trinajstić information content (AvgIpc) is 3.87. The lowest BCUT2D eigenvalue weighted by Gasteiger charge is -2.50. The number of rotatable bonds is 13. The van der Waals surface area contributed by atoms with E-state index in [1.807, 2.05) is 78.0 Å². The molecule has 402 valence electrons. The van der Waals surface area contributed by atoms with E-state index >= 15 is 0 Å². The SMILES string of the molecule is CCCN1C[C@H](C)[C@H]2OCC(=NOCc3ccc(-n4cccn4)nc3)CO[C@](C)(C[C@H]1C)[C@H](O[C@@H]1O[C@H](C)C[C@H](N(C)C)[C@H]1O)[C@@H](C)[C@H](O[C@H]1C[C@@](C)(OC)[C@@H](O)[C@H](C)O1)[C@@H](C)C(=O)O[C@H](CC)[C@@]2(C)O.